The van der Waals surface area contributed by atoms with E-state index in [4.69, 9.17) is 21.7 Å². The van der Waals surface area contributed by atoms with E-state index in [1.165, 1.54) is 18.1 Å². The number of carbonyl (C=O) groups excluding carboxylic acids is 1. The Morgan fingerprint density at radius 3 is 2.76 bits per heavy atom. The fraction of sp³-hybridized carbons (Fsp3) is 0.526. The van der Waals surface area contributed by atoms with Crippen molar-refractivity contribution >= 4 is 41.2 Å². The third kappa shape index (κ3) is 5.69. The molecular formula is C19H28FN5O3S. The van der Waals surface area contributed by atoms with Crippen LogP contribution < -0.4 is 15.1 Å². The predicted molar refractivity (Wildman–Crippen MR) is 116 cm³/mol. The molecule has 10 heteroatoms. The Morgan fingerprint density at radius 1 is 1.41 bits per heavy atom. The van der Waals surface area contributed by atoms with Gasteiger partial charge in [-0.25, -0.2) is 9.18 Å². The summed E-state index contributed by atoms with van der Waals surface area (Å²) < 4.78 is 24.8. The number of amides is 1. The number of methoxy groups -OCH3 is 1. The number of nitrogens with one attached hydrogen (secondary N) is 1. The van der Waals surface area contributed by atoms with Crippen molar-refractivity contribution in [1.82, 2.24) is 10.3 Å². The van der Waals surface area contributed by atoms with Crippen LogP contribution in [-0.2, 0) is 9.47 Å². The zero-order chi connectivity index (χ0) is 21.4. The average Bonchev–Trinajstić information content (AvgIpc) is 3.14. The summed E-state index contributed by atoms with van der Waals surface area (Å²) in [6.45, 7) is 8.83. The first-order valence-corrected chi connectivity index (χ1v) is 10.1. The molecule has 0 aliphatic carbocycles. The Hall–Kier alpha value is -2.62. The maximum Gasteiger partial charge on any atom is 0.414 e. The molecule has 1 atom stereocenters. The van der Waals surface area contributed by atoms with E-state index >= 15 is 0 Å². The van der Waals surface area contributed by atoms with Gasteiger partial charge in [-0.3, -0.25) is 9.91 Å². The molecule has 0 radical (unpaired) electrons. The SMILES string of the molecule is CC.CCN1CCN(c2ccc(N3CC(CNC(=S)OC)OC3=O)cc2F)C=N1. The van der Waals surface area contributed by atoms with Crippen LogP contribution in [0, 0.1) is 5.82 Å². The van der Waals surface area contributed by atoms with Gasteiger partial charge in [-0.2, -0.15) is 5.10 Å². The number of ether oxygens (including phenoxy) is 2. The minimum Gasteiger partial charge on any atom is -0.474 e. The molecule has 8 nitrogen and oxygen atoms in total. The Morgan fingerprint density at radius 2 is 2.17 bits per heavy atom. The fourth-order valence-corrected chi connectivity index (χ4v) is 2.98. The van der Waals surface area contributed by atoms with E-state index < -0.39 is 18.0 Å². The molecule has 1 saturated heterocycles. The van der Waals surface area contributed by atoms with Gasteiger partial charge in [0.2, 0.25) is 0 Å². The van der Waals surface area contributed by atoms with Crippen LogP contribution in [0.15, 0.2) is 23.3 Å². The van der Waals surface area contributed by atoms with Crippen LogP contribution >= 0.6 is 12.2 Å². The van der Waals surface area contributed by atoms with E-state index in [2.05, 4.69) is 10.4 Å². The lowest BCUT2D eigenvalue weighted by molar-refractivity contribution is 0.142. The molecule has 29 heavy (non-hydrogen) atoms. The molecule has 2 heterocycles. The lowest BCUT2D eigenvalue weighted by Gasteiger charge is -2.29. The number of hydrazone groups is 1. The molecule has 1 aromatic carbocycles. The quantitative estimate of drug-likeness (QED) is 0.728. The third-order valence-corrected chi connectivity index (χ3v) is 4.72. The Labute approximate surface area is 176 Å². The minimum absolute atomic E-state index is 0.227. The number of carbonyl (C=O) groups is 1. The Bertz CT molecular complexity index is 749. The summed E-state index contributed by atoms with van der Waals surface area (Å²) in [7, 11) is 1.46. The largest absolute Gasteiger partial charge is 0.474 e. The van der Waals surface area contributed by atoms with Gasteiger partial charge in [-0.05, 0) is 37.3 Å². The number of anilines is 2. The van der Waals surface area contributed by atoms with E-state index in [9.17, 15) is 9.18 Å². The highest BCUT2D eigenvalue weighted by atomic mass is 32.1. The van der Waals surface area contributed by atoms with E-state index in [0.29, 0.717) is 31.0 Å². The highest BCUT2D eigenvalue weighted by Gasteiger charge is 2.33. The van der Waals surface area contributed by atoms with Crippen LogP contribution in [0.25, 0.3) is 0 Å². The lowest BCUT2D eigenvalue weighted by Crippen LogP contribution is -2.38. The van der Waals surface area contributed by atoms with Crippen LogP contribution in [0.1, 0.15) is 20.8 Å². The van der Waals surface area contributed by atoms with Crippen LogP contribution in [0.3, 0.4) is 0 Å². The van der Waals surface area contributed by atoms with Crippen LogP contribution in [0.4, 0.5) is 20.6 Å². The molecule has 160 valence electrons. The first-order valence-electron chi connectivity index (χ1n) is 9.67. The van der Waals surface area contributed by atoms with Crippen molar-refractivity contribution in [2.24, 2.45) is 5.10 Å². The van der Waals surface area contributed by atoms with Crippen molar-refractivity contribution in [1.29, 1.82) is 0 Å². The number of rotatable bonds is 5. The van der Waals surface area contributed by atoms with Gasteiger partial charge in [0.15, 0.2) is 0 Å². The summed E-state index contributed by atoms with van der Waals surface area (Å²) in [6, 6.07) is 4.69. The van der Waals surface area contributed by atoms with E-state index in [-0.39, 0.29) is 5.17 Å². The fourth-order valence-electron chi connectivity index (χ4n) is 2.90. The molecule has 0 saturated carbocycles. The zero-order valence-electron chi connectivity index (χ0n) is 17.2. The normalized spacial score (nSPS) is 18.2. The number of cyclic esters (lactones) is 1. The van der Waals surface area contributed by atoms with Gasteiger partial charge >= 0.3 is 6.09 Å². The average molecular weight is 426 g/mol. The number of thiocarbonyl (C=S) groups is 1. The lowest BCUT2D eigenvalue weighted by atomic mass is 10.2. The molecule has 0 bridgehead atoms. The zero-order valence-corrected chi connectivity index (χ0v) is 18.0. The van der Waals surface area contributed by atoms with Crippen LogP contribution in [0.2, 0.25) is 0 Å². The molecule has 1 unspecified atom stereocenters. The van der Waals surface area contributed by atoms with Gasteiger partial charge in [0, 0.05) is 13.1 Å². The second kappa shape index (κ2) is 10.8. The summed E-state index contributed by atoms with van der Waals surface area (Å²) in [5.74, 6) is -0.418. The number of likely N-dealkylation sites (N-methyl/N-ethyl adjacent to an activating group) is 1. The van der Waals surface area contributed by atoms with Gasteiger partial charge in [0.1, 0.15) is 18.3 Å². The van der Waals surface area contributed by atoms with Gasteiger partial charge in [0.05, 0.1) is 38.1 Å². The molecule has 1 fully saturated rings. The number of halogens is 1. The standard InChI is InChI=1S/C17H22FN5O3S.C2H6/c1-3-22-7-6-21(11-20-22)15-5-4-12(8-14(15)18)23-10-13(26-17(23)24)9-19-16(27)25-2;1-2/h4-5,8,11,13H,3,6-7,9-10H2,1-2H3,(H,19,27);1-2H3. The van der Waals surface area contributed by atoms with Crippen molar-refractivity contribution in [3.63, 3.8) is 0 Å². The minimum atomic E-state index is -0.518. The smallest absolute Gasteiger partial charge is 0.414 e. The summed E-state index contributed by atoms with van der Waals surface area (Å²) in [4.78, 5) is 15.3. The maximum atomic E-state index is 14.6. The van der Waals surface area contributed by atoms with E-state index in [1.54, 1.807) is 23.4 Å². The van der Waals surface area contributed by atoms with Crippen molar-refractivity contribution < 1.29 is 18.7 Å². The highest BCUT2D eigenvalue weighted by molar-refractivity contribution is 7.80. The van der Waals surface area contributed by atoms with Crippen molar-refractivity contribution in [2.45, 2.75) is 26.9 Å². The first kappa shape index (κ1) is 22.7. The monoisotopic (exact) mass is 425 g/mol. The van der Waals surface area contributed by atoms with Gasteiger partial charge in [0.25, 0.3) is 5.17 Å². The maximum absolute atomic E-state index is 14.6. The molecule has 2 aliphatic rings. The van der Waals surface area contributed by atoms with Gasteiger partial charge in [-0.1, -0.05) is 13.8 Å². The van der Waals surface area contributed by atoms with Crippen LogP contribution in [-0.4, -0.2) is 68.6 Å². The van der Waals surface area contributed by atoms with E-state index in [0.717, 1.165) is 13.1 Å². The van der Waals surface area contributed by atoms with Gasteiger partial charge in [-0.15, -0.1) is 0 Å². The van der Waals surface area contributed by atoms with Crippen molar-refractivity contribution in [3.05, 3.63) is 24.0 Å². The summed E-state index contributed by atoms with van der Waals surface area (Å²) in [6.07, 6.45) is 0.702. The van der Waals surface area contributed by atoms with Crippen molar-refractivity contribution in [2.75, 3.05) is 49.6 Å². The van der Waals surface area contributed by atoms with Gasteiger partial charge < -0.3 is 19.7 Å². The number of hydrogen-bond donors (Lipinski definition) is 1. The second-order valence-corrected chi connectivity index (χ2v) is 6.47. The van der Waals surface area contributed by atoms with Crippen molar-refractivity contribution in [3.8, 4) is 0 Å². The number of nitrogens with zero attached hydrogens (tertiary/aromatic N) is 4. The summed E-state index contributed by atoms with van der Waals surface area (Å²) in [5, 5.41) is 9.25. The van der Waals surface area contributed by atoms with Crippen LogP contribution in [0.5, 0.6) is 0 Å². The summed E-state index contributed by atoms with van der Waals surface area (Å²) >= 11 is 4.90. The van der Waals surface area contributed by atoms with E-state index in [1.807, 2.05) is 25.8 Å². The topological polar surface area (TPSA) is 69.6 Å². The first-order chi connectivity index (χ1) is 14.0. The number of hydrogen-bond acceptors (Lipinski definition) is 7. The molecule has 2 aliphatic heterocycles. The second-order valence-electron chi connectivity index (χ2n) is 6.10. The molecule has 0 spiro atoms. The molecular weight excluding hydrogens is 397 g/mol. The molecule has 1 aromatic rings. The molecule has 0 aromatic heterocycles. The highest BCUT2D eigenvalue weighted by Crippen LogP contribution is 2.28. The summed E-state index contributed by atoms with van der Waals surface area (Å²) in [5.41, 5.74) is 0.872. The Balaban J connectivity index is 0.00000145. The molecule has 1 N–H and O–H groups in total. The third-order valence-electron chi connectivity index (χ3n) is 4.40. The molecule has 1 amide bonds. The predicted octanol–water partition coefficient (Wildman–Crippen LogP) is 2.78. The number of benzene rings is 1. The Kier molecular flexibility index (Phi) is 8.44. The molecule has 3 rings (SSSR count).